The largest absolute Gasteiger partial charge is 0.507 e. The minimum Gasteiger partial charge on any atom is -0.507 e. The molecule has 21 heavy (non-hydrogen) atoms. The monoisotopic (exact) mass is 310 g/mol. The number of anilines is 1. The molecule has 2 rings (SSSR count). The zero-order valence-electron chi connectivity index (χ0n) is 11.7. The summed E-state index contributed by atoms with van der Waals surface area (Å²) in [6, 6.07) is 3.76. The van der Waals surface area contributed by atoms with Crippen LogP contribution in [-0.2, 0) is 0 Å². The number of urea groups is 1. The van der Waals surface area contributed by atoms with Gasteiger partial charge in [-0.15, -0.1) is 0 Å². The summed E-state index contributed by atoms with van der Waals surface area (Å²) in [5.41, 5.74) is 0.196. The molecule has 1 aliphatic rings. The molecule has 1 unspecified atom stereocenters. The maximum atomic E-state index is 12.2. The number of aromatic hydroxyl groups is 1. The van der Waals surface area contributed by atoms with E-state index < -0.39 is 5.97 Å². The van der Waals surface area contributed by atoms with Crippen molar-refractivity contribution >= 4 is 29.4 Å². The van der Waals surface area contributed by atoms with Gasteiger partial charge in [-0.05, 0) is 18.6 Å². The molecule has 1 aromatic carbocycles. The zero-order chi connectivity index (χ0) is 15.4. The number of hydrogen-bond acceptors (Lipinski definition) is 4. The predicted octanol–water partition coefficient (Wildman–Crippen LogP) is 2.45. The molecule has 1 atom stereocenters. The third-order valence-electron chi connectivity index (χ3n) is 3.36. The second-order valence-corrected chi connectivity index (χ2v) is 6.22. The van der Waals surface area contributed by atoms with Crippen LogP contribution in [0.15, 0.2) is 18.2 Å². The number of carboxylic acids is 1. The minimum atomic E-state index is -1.20. The fourth-order valence-electron chi connectivity index (χ4n) is 2.14. The van der Waals surface area contributed by atoms with E-state index in [1.165, 1.54) is 18.2 Å². The van der Waals surface area contributed by atoms with Gasteiger partial charge in [-0.2, -0.15) is 11.8 Å². The van der Waals surface area contributed by atoms with Crippen molar-refractivity contribution in [3.8, 4) is 5.75 Å². The topological polar surface area (TPSA) is 89.9 Å². The summed E-state index contributed by atoms with van der Waals surface area (Å²) in [5.74, 6) is -0.653. The standard InChI is InChI=1S/C14H18N2O4S/c1-2-10-8-16(5-6-21-10)14(20)15-9-3-4-11(13(18)19)12(17)7-9/h3-4,7,10,17H,2,5-6,8H2,1H3,(H,15,20)(H,18,19). The first-order valence-electron chi connectivity index (χ1n) is 6.75. The molecule has 1 aromatic rings. The molecule has 0 radical (unpaired) electrons. The third kappa shape index (κ3) is 3.81. The summed E-state index contributed by atoms with van der Waals surface area (Å²) in [6.07, 6.45) is 1.02. The van der Waals surface area contributed by atoms with E-state index >= 15 is 0 Å². The SMILES string of the molecule is CCC1CN(C(=O)Nc2ccc(C(=O)O)c(O)c2)CCS1. The van der Waals surface area contributed by atoms with Crippen LogP contribution in [0.5, 0.6) is 5.75 Å². The van der Waals surface area contributed by atoms with Gasteiger partial charge in [0, 0.05) is 35.8 Å². The fraction of sp³-hybridized carbons (Fsp3) is 0.429. The lowest BCUT2D eigenvalue weighted by Gasteiger charge is -2.31. The summed E-state index contributed by atoms with van der Waals surface area (Å²) in [4.78, 5) is 24.7. The Morgan fingerprint density at radius 1 is 1.48 bits per heavy atom. The molecule has 0 aromatic heterocycles. The molecule has 6 nitrogen and oxygen atoms in total. The first-order chi connectivity index (χ1) is 10.0. The van der Waals surface area contributed by atoms with Gasteiger partial charge < -0.3 is 20.4 Å². The molecule has 0 aliphatic carbocycles. The number of nitrogens with one attached hydrogen (secondary N) is 1. The first-order valence-corrected chi connectivity index (χ1v) is 7.80. The predicted molar refractivity (Wildman–Crippen MR) is 82.2 cm³/mol. The summed E-state index contributed by atoms with van der Waals surface area (Å²) in [7, 11) is 0. The summed E-state index contributed by atoms with van der Waals surface area (Å²) in [6.45, 7) is 3.49. The number of thioether (sulfide) groups is 1. The van der Waals surface area contributed by atoms with Crippen molar-refractivity contribution in [2.45, 2.75) is 18.6 Å². The Labute approximate surface area is 127 Å². The summed E-state index contributed by atoms with van der Waals surface area (Å²) >= 11 is 1.87. The van der Waals surface area contributed by atoms with Crippen LogP contribution in [0.3, 0.4) is 0 Å². The average Bonchev–Trinajstić information content (AvgIpc) is 2.47. The van der Waals surface area contributed by atoms with E-state index in [0.29, 0.717) is 24.0 Å². The van der Waals surface area contributed by atoms with Crippen LogP contribution in [0.1, 0.15) is 23.7 Å². The van der Waals surface area contributed by atoms with Crippen LogP contribution in [0.2, 0.25) is 0 Å². The molecule has 1 aliphatic heterocycles. The van der Waals surface area contributed by atoms with Crippen molar-refractivity contribution in [3.63, 3.8) is 0 Å². The number of aromatic carboxylic acids is 1. The van der Waals surface area contributed by atoms with Crippen molar-refractivity contribution < 1.29 is 19.8 Å². The van der Waals surface area contributed by atoms with Gasteiger partial charge >= 0.3 is 12.0 Å². The number of phenols is 1. The highest BCUT2D eigenvalue weighted by molar-refractivity contribution is 8.00. The average molecular weight is 310 g/mol. The zero-order valence-corrected chi connectivity index (χ0v) is 12.5. The van der Waals surface area contributed by atoms with Crippen LogP contribution < -0.4 is 5.32 Å². The van der Waals surface area contributed by atoms with Crippen molar-refractivity contribution in [2.75, 3.05) is 24.2 Å². The lowest BCUT2D eigenvalue weighted by molar-refractivity contribution is 0.0694. The number of benzene rings is 1. The normalized spacial score (nSPS) is 18.3. The number of carbonyl (C=O) groups is 2. The van der Waals surface area contributed by atoms with Gasteiger partial charge in [0.15, 0.2) is 0 Å². The van der Waals surface area contributed by atoms with E-state index in [1.807, 2.05) is 11.8 Å². The molecular formula is C14H18N2O4S. The number of carbonyl (C=O) groups excluding carboxylic acids is 1. The van der Waals surface area contributed by atoms with E-state index in [-0.39, 0.29) is 17.3 Å². The van der Waals surface area contributed by atoms with Crippen LogP contribution in [0.4, 0.5) is 10.5 Å². The summed E-state index contributed by atoms with van der Waals surface area (Å²) < 4.78 is 0. The van der Waals surface area contributed by atoms with Crippen LogP contribution in [0.25, 0.3) is 0 Å². The Morgan fingerprint density at radius 2 is 2.24 bits per heavy atom. The summed E-state index contributed by atoms with van der Waals surface area (Å²) in [5, 5.41) is 21.6. The lowest BCUT2D eigenvalue weighted by Crippen LogP contribution is -2.43. The molecule has 3 N–H and O–H groups in total. The van der Waals surface area contributed by atoms with Crippen LogP contribution >= 0.6 is 11.8 Å². The second kappa shape index (κ2) is 6.71. The van der Waals surface area contributed by atoms with E-state index in [4.69, 9.17) is 5.11 Å². The number of amides is 2. The van der Waals surface area contributed by atoms with Crippen molar-refractivity contribution in [2.24, 2.45) is 0 Å². The van der Waals surface area contributed by atoms with Crippen molar-refractivity contribution in [1.82, 2.24) is 4.90 Å². The molecule has 1 fully saturated rings. The van der Waals surface area contributed by atoms with Gasteiger partial charge in [-0.3, -0.25) is 0 Å². The molecule has 0 bridgehead atoms. The lowest BCUT2D eigenvalue weighted by atomic mass is 10.2. The number of hydrogen-bond donors (Lipinski definition) is 3. The van der Waals surface area contributed by atoms with Gasteiger partial charge in [0.2, 0.25) is 0 Å². The van der Waals surface area contributed by atoms with Gasteiger partial charge in [-0.1, -0.05) is 6.92 Å². The molecule has 114 valence electrons. The van der Waals surface area contributed by atoms with Crippen molar-refractivity contribution in [3.05, 3.63) is 23.8 Å². The van der Waals surface area contributed by atoms with Crippen LogP contribution in [0, 0.1) is 0 Å². The second-order valence-electron chi connectivity index (χ2n) is 4.81. The highest BCUT2D eigenvalue weighted by Gasteiger charge is 2.23. The Morgan fingerprint density at radius 3 is 2.86 bits per heavy atom. The molecule has 1 heterocycles. The molecule has 0 spiro atoms. The Balaban J connectivity index is 2.02. The number of carboxylic acid groups (broad SMARTS) is 1. The van der Waals surface area contributed by atoms with Gasteiger partial charge in [0.25, 0.3) is 0 Å². The number of nitrogens with zero attached hydrogens (tertiary/aromatic N) is 1. The van der Waals surface area contributed by atoms with Gasteiger partial charge in [0.1, 0.15) is 11.3 Å². The van der Waals surface area contributed by atoms with E-state index in [1.54, 1.807) is 4.90 Å². The Kier molecular flexibility index (Phi) is 4.95. The highest BCUT2D eigenvalue weighted by atomic mass is 32.2. The maximum absolute atomic E-state index is 12.2. The molecule has 7 heteroatoms. The molecule has 0 saturated carbocycles. The van der Waals surface area contributed by atoms with E-state index in [2.05, 4.69) is 12.2 Å². The first kappa shape index (κ1) is 15.5. The highest BCUT2D eigenvalue weighted by Crippen LogP contribution is 2.24. The van der Waals surface area contributed by atoms with Crippen LogP contribution in [-0.4, -0.2) is 51.2 Å². The van der Waals surface area contributed by atoms with Crippen molar-refractivity contribution in [1.29, 1.82) is 0 Å². The third-order valence-corrected chi connectivity index (χ3v) is 4.73. The quantitative estimate of drug-likeness (QED) is 0.798. The van der Waals surface area contributed by atoms with Gasteiger partial charge in [-0.25, -0.2) is 9.59 Å². The van der Waals surface area contributed by atoms with Gasteiger partial charge in [0.05, 0.1) is 0 Å². The number of rotatable bonds is 3. The minimum absolute atomic E-state index is 0.187. The maximum Gasteiger partial charge on any atom is 0.339 e. The fourth-order valence-corrected chi connectivity index (χ4v) is 3.32. The Hall–Kier alpha value is -1.89. The molecular weight excluding hydrogens is 292 g/mol. The van der Waals surface area contributed by atoms with E-state index in [0.717, 1.165) is 12.2 Å². The molecule has 1 saturated heterocycles. The smallest absolute Gasteiger partial charge is 0.339 e. The molecule has 2 amide bonds. The van der Waals surface area contributed by atoms with E-state index in [9.17, 15) is 14.7 Å². The Bertz CT molecular complexity index is 550.